The summed E-state index contributed by atoms with van der Waals surface area (Å²) in [6, 6.07) is -0.909. The van der Waals surface area contributed by atoms with E-state index in [1.165, 1.54) is 186 Å². The maximum absolute atomic E-state index is 13.2. The highest BCUT2D eigenvalue weighted by Crippen LogP contribution is 2.30. The second kappa shape index (κ2) is 43.9. The van der Waals surface area contributed by atoms with Crippen LogP contribution in [0.3, 0.4) is 0 Å². The van der Waals surface area contributed by atoms with Crippen molar-refractivity contribution in [2.75, 3.05) is 19.8 Å². The van der Waals surface area contributed by atoms with Crippen LogP contribution in [0.5, 0.6) is 0 Å². The Morgan fingerprint density at radius 2 is 0.873 bits per heavy atom. The van der Waals surface area contributed by atoms with Gasteiger partial charge in [-0.25, -0.2) is 0 Å². The van der Waals surface area contributed by atoms with E-state index in [0.29, 0.717) is 6.42 Å². The Bertz CT molecular complexity index is 1240. The van der Waals surface area contributed by atoms with E-state index in [9.17, 15) is 45.6 Å². The Hall–Kier alpha value is -1.27. The first kappa shape index (κ1) is 65.8. The average Bonchev–Trinajstić information content (AvgIpc) is 3.37. The van der Waals surface area contributed by atoms with Crippen LogP contribution >= 0.6 is 0 Å². The minimum absolute atomic E-state index is 0.234. The Morgan fingerprint density at radius 1 is 0.493 bits per heavy atom. The number of aliphatic hydroxyl groups excluding tert-OH is 8. The average molecular weight is 1020 g/mol. The van der Waals surface area contributed by atoms with Crippen LogP contribution in [-0.2, 0) is 23.7 Å². The summed E-state index contributed by atoms with van der Waals surface area (Å²) in [5, 5.41) is 87.0. The van der Waals surface area contributed by atoms with E-state index in [4.69, 9.17) is 18.9 Å². The molecule has 9 N–H and O–H groups in total. The van der Waals surface area contributed by atoms with Gasteiger partial charge in [0.2, 0.25) is 5.91 Å². The van der Waals surface area contributed by atoms with Crippen molar-refractivity contribution in [3.05, 3.63) is 12.2 Å². The summed E-state index contributed by atoms with van der Waals surface area (Å²) >= 11 is 0. The first-order valence-electron chi connectivity index (χ1n) is 29.4. The molecule has 14 heteroatoms. The smallest absolute Gasteiger partial charge is 0.220 e. The van der Waals surface area contributed by atoms with Crippen molar-refractivity contribution >= 4 is 5.91 Å². The van der Waals surface area contributed by atoms with Crippen molar-refractivity contribution in [3.8, 4) is 0 Å². The fourth-order valence-corrected chi connectivity index (χ4v) is 9.94. The normalized spacial score (nSPS) is 25.8. The van der Waals surface area contributed by atoms with Gasteiger partial charge < -0.3 is 65.1 Å². The standard InChI is InChI=1S/C57H109NO13/c1-3-5-7-9-11-13-15-17-19-20-21-22-23-24-25-27-29-31-33-35-37-39-41-49(62)58-45(46(61)40-38-36-34-32-30-28-26-18-16-14-12-10-8-6-4-2)44-68-56-54(67)52(65)55(48(43-60)70-56)71-57-53(66)51(64)50(63)47(42-59)69-57/h38,40,45-48,50-57,59-61,63-67H,3-37,39,41-44H2,1-2H3,(H,58,62)/b40-38+. The van der Waals surface area contributed by atoms with Crippen molar-refractivity contribution < 1.29 is 64.6 Å². The molecule has 14 nitrogen and oxygen atoms in total. The summed E-state index contributed by atoms with van der Waals surface area (Å²) in [5.74, 6) is -0.234. The van der Waals surface area contributed by atoms with Gasteiger partial charge in [0.15, 0.2) is 12.6 Å². The van der Waals surface area contributed by atoms with Crippen molar-refractivity contribution in [2.24, 2.45) is 0 Å². The zero-order chi connectivity index (χ0) is 51.7. The lowest BCUT2D eigenvalue weighted by Crippen LogP contribution is -2.65. The number of hydrogen-bond donors (Lipinski definition) is 9. The number of hydrogen-bond acceptors (Lipinski definition) is 13. The molecule has 0 radical (unpaired) electrons. The van der Waals surface area contributed by atoms with Gasteiger partial charge in [0.25, 0.3) is 0 Å². The lowest BCUT2D eigenvalue weighted by molar-refractivity contribution is -0.359. The first-order valence-corrected chi connectivity index (χ1v) is 29.4. The van der Waals surface area contributed by atoms with Crippen LogP contribution in [0.15, 0.2) is 12.2 Å². The van der Waals surface area contributed by atoms with Gasteiger partial charge in [-0.15, -0.1) is 0 Å². The molecular weight excluding hydrogens is 907 g/mol. The lowest BCUT2D eigenvalue weighted by atomic mass is 9.97. The van der Waals surface area contributed by atoms with Crippen LogP contribution < -0.4 is 5.32 Å². The molecule has 0 aromatic heterocycles. The molecule has 0 spiro atoms. The summed E-state index contributed by atoms with van der Waals surface area (Å²) in [6.07, 6.45) is 32.5. The maximum Gasteiger partial charge on any atom is 0.220 e. The highest BCUT2D eigenvalue weighted by atomic mass is 16.7. The zero-order valence-electron chi connectivity index (χ0n) is 45.0. The van der Waals surface area contributed by atoms with Crippen molar-refractivity contribution in [1.82, 2.24) is 5.32 Å². The van der Waals surface area contributed by atoms with Gasteiger partial charge >= 0.3 is 0 Å². The molecule has 2 aliphatic rings. The number of carbonyl (C=O) groups excluding carboxylic acids is 1. The molecule has 2 aliphatic heterocycles. The maximum atomic E-state index is 13.2. The molecular formula is C57H109NO13. The fourth-order valence-electron chi connectivity index (χ4n) is 9.94. The lowest BCUT2D eigenvalue weighted by Gasteiger charge is -2.46. The minimum Gasteiger partial charge on any atom is -0.394 e. The van der Waals surface area contributed by atoms with Crippen molar-refractivity contribution in [1.29, 1.82) is 0 Å². The minimum atomic E-state index is -1.78. The van der Waals surface area contributed by atoms with Crippen molar-refractivity contribution in [2.45, 2.75) is 325 Å². The number of aliphatic hydroxyl groups is 8. The fraction of sp³-hybridized carbons (Fsp3) is 0.947. The summed E-state index contributed by atoms with van der Waals surface area (Å²) < 4.78 is 22.8. The van der Waals surface area contributed by atoms with Crippen LogP contribution in [0.1, 0.15) is 251 Å². The molecule has 2 heterocycles. The van der Waals surface area contributed by atoms with Crippen LogP contribution in [0.25, 0.3) is 0 Å². The Kier molecular flexibility index (Phi) is 40.7. The number of unbranched alkanes of at least 4 members (excludes halogenated alkanes) is 34. The Labute approximate surface area is 431 Å². The molecule has 2 rings (SSSR count). The van der Waals surface area contributed by atoms with Crippen LogP contribution in [0.4, 0.5) is 0 Å². The molecule has 2 saturated heterocycles. The predicted molar refractivity (Wildman–Crippen MR) is 282 cm³/mol. The molecule has 0 aliphatic carbocycles. The van der Waals surface area contributed by atoms with E-state index >= 15 is 0 Å². The van der Waals surface area contributed by atoms with Crippen LogP contribution in [0.2, 0.25) is 0 Å². The summed E-state index contributed by atoms with van der Waals surface area (Å²) in [4.78, 5) is 13.2. The van der Waals surface area contributed by atoms with Crippen LogP contribution in [0, 0.1) is 0 Å². The summed E-state index contributed by atoms with van der Waals surface area (Å²) in [7, 11) is 0. The summed E-state index contributed by atoms with van der Waals surface area (Å²) in [6.45, 7) is 2.82. The third-order valence-corrected chi connectivity index (χ3v) is 14.7. The Morgan fingerprint density at radius 3 is 1.30 bits per heavy atom. The number of nitrogens with one attached hydrogen (secondary N) is 1. The molecule has 12 atom stereocenters. The molecule has 0 bridgehead atoms. The van der Waals surface area contributed by atoms with Gasteiger partial charge in [-0.05, 0) is 19.3 Å². The van der Waals surface area contributed by atoms with E-state index in [-0.39, 0.29) is 18.9 Å². The molecule has 0 aromatic rings. The Balaban J connectivity index is 1.75. The van der Waals surface area contributed by atoms with Gasteiger partial charge in [-0.2, -0.15) is 0 Å². The number of amides is 1. The van der Waals surface area contributed by atoms with Gasteiger partial charge in [0, 0.05) is 6.42 Å². The second-order valence-electron chi connectivity index (χ2n) is 21.1. The third kappa shape index (κ3) is 30.2. The number of carbonyl (C=O) groups is 1. The summed E-state index contributed by atoms with van der Waals surface area (Å²) in [5.41, 5.74) is 0. The zero-order valence-corrected chi connectivity index (χ0v) is 45.0. The SMILES string of the molecule is CCCCCCCCCCCCCCC/C=C/C(O)C(COC1OC(CO)C(OC2OC(CO)C(O)C(O)C2O)C(O)C1O)NC(=O)CCCCCCCCCCCCCCCCCCCCCCCC. The van der Waals surface area contributed by atoms with E-state index in [1.54, 1.807) is 6.08 Å². The highest BCUT2D eigenvalue weighted by Gasteiger charge is 2.51. The molecule has 0 aromatic carbocycles. The second-order valence-corrected chi connectivity index (χ2v) is 21.1. The third-order valence-electron chi connectivity index (χ3n) is 14.7. The van der Waals surface area contributed by atoms with E-state index in [2.05, 4.69) is 19.2 Å². The van der Waals surface area contributed by atoms with Crippen molar-refractivity contribution in [3.63, 3.8) is 0 Å². The molecule has 1 amide bonds. The number of rotatable bonds is 47. The highest BCUT2D eigenvalue weighted by molar-refractivity contribution is 5.76. The molecule has 2 fully saturated rings. The van der Waals surface area contributed by atoms with E-state index < -0.39 is 86.8 Å². The predicted octanol–water partition coefficient (Wildman–Crippen LogP) is 9.50. The molecule has 420 valence electrons. The van der Waals surface area contributed by atoms with E-state index in [1.807, 2.05) is 6.08 Å². The topological polar surface area (TPSA) is 228 Å². The van der Waals surface area contributed by atoms with Crippen LogP contribution in [-0.4, -0.2) is 140 Å². The number of allylic oxidation sites excluding steroid dienone is 1. The molecule has 12 unspecified atom stereocenters. The first-order chi connectivity index (χ1) is 34.6. The van der Waals surface area contributed by atoms with Gasteiger partial charge in [0.05, 0.1) is 32.0 Å². The van der Waals surface area contributed by atoms with E-state index in [0.717, 1.165) is 38.5 Å². The molecule has 71 heavy (non-hydrogen) atoms. The van der Waals surface area contributed by atoms with Gasteiger partial charge in [-0.3, -0.25) is 4.79 Å². The van der Waals surface area contributed by atoms with Gasteiger partial charge in [0.1, 0.15) is 48.8 Å². The van der Waals surface area contributed by atoms with Gasteiger partial charge in [-0.1, -0.05) is 238 Å². The quantitative estimate of drug-likeness (QED) is 0.0205. The molecule has 0 saturated carbocycles. The number of ether oxygens (including phenoxy) is 4. The largest absolute Gasteiger partial charge is 0.394 e. The monoisotopic (exact) mass is 1020 g/mol.